The first-order valence-electron chi connectivity index (χ1n) is 5.16. The molecule has 1 aromatic heterocycles. The molecule has 0 unspecified atom stereocenters. The van der Waals surface area contributed by atoms with E-state index in [0.29, 0.717) is 23.2 Å². The Balaban J connectivity index is 2.60. The fraction of sp³-hybridized carbons (Fsp3) is 0.273. The lowest BCUT2D eigenvalue weighted by molar-refractivity contribution is 0.265. The van der Waals surface area contributed by atoms with Crippen molar-refractivity contribution in [1.29, 1.82) is 0 Å². The molecule has 0 aliphatic heterocycles. The van der Waals surface area contributed by atoms with Crippen LogP contribution in [0.15, 0.2) is 22.7 Å². The Morgan fingerprint density at radius 1 is 1.41 bits per heavy atom. The van der Waals surface area contributed by atoms with E-state index >= 15 is 0 Å². The molecule has 6 heteroatoms. The van der Waals surface area contributed by atoms with Crippen LogP contribution in [0.2, 0.25) is 5.02 Å². The van der Waals surface area contributed by atoms with E-state index in [9.17, 15) is 0 Å². The van der Waals surface area contributed by atoms with Crippen LogP contribution in [0.5, 0.6) is 0 Å². The first-order valence-corrected chi connectivity index (χ1v) is 6.33. The minimum atomic E-state index is -0.132. The van der Waals surface area contributed by atoms with E-state index in [0.717, 1.165) is 10.0 Å². The molecule has 1 N–H and O–H groups in total. The van der Waals surface area contributed by atoms with Crippen molar-refractivity contribution in [1.82, 2.24) is 14.8 Å². The molecule has 90 valence electrons. The van der Waals surface area contributed by atoms with Crippen LogP contribution >= 0.6 is 27.5 Å². The molecule has 0 bridgehead atoms. The van der Waals surface area contributed by atoms with Gasteiger partial charge in [-0.1, -0.05) is 17.7 Å². The molecular weight excluding hydrogens is 305 g/mol. The summed E-state index contributed by atoms with van der Waals surface area (Å²) >= 11 is 9.59. The van der Waals surface area contributed by atoms with Crippen molar-refractivity contribution in [3.05, 3.63) is 33.5 Å². The van der Waals surface area contributed by atoms with Crippen molar-refractivity contribution in [2.24, 2.45) is 0 Å². The summed E-state index contributed by atoms with van der Waals surface area (Å²) in [5, 5.41) is 17.8. The number of aliphatic hydroxyl groups excluding tert-OH is 1. The third-order valence-electron chi connectivity index (χ3n) is 2.48. The fourth-order valence-electron chi connectivity index (χ4n) is 1.66. The Morgan fingerprint density at radius 2 is 2.18 bits per heavy atom. The van der Waals surface area contributed by atoms with Gasteiger partial charge in [0.2, 0.25) is 0 Å². The predicted molar refractivity (Wildman–Crippen MR) is 69.8 cm³/mol. The molecule has 4 nitrogen and oxygen atoms in total. The fourth-order valence-corrected chi connectivity index (χ4v) is 2.24. The van der Waals surface area contributed by atoms with Crippen LogP contribution in [-0.2, 0) is 13.2 Å². The van der Waals surface area contributed by atoms with Gasteiger partial charge >= 0.3 is 0 Å². The summed E-state index contributed by atoms with van der Waals surface area (Å²) in [7, 11) is 0. The van der Waals surface area contributed by atoms with Gasteiger partial charge in [-0.3, -0.25) is 0 Å². The molecule has 0 atom stereocenters. The third kappa shape index (κ3) is 2.22. The van der Waals surface area contributed by atoms with Crippen molar-refractivity contribution >= 4 is 27.5 Å². The van der Waals surface area contributed by atoms with E-state index in [2.05, 4.69) is 26.1 Å². The molecule has 0 saturated carbocycles. The van der Waals surface area contributed by atoms with E-state index in [1.165, 1.54) is 0 Å². The Bertz CT molecular complexity index is 542. The van der Waals surface area contributed by atoms with Crippen LogP contribution in [0.25, 0.3) is 11.4 Å². The Hall–Kier alpha value is -0.910. The zero-order chi connectivity index (χ0) is 12.4. The van der Waals surface area contributed by atoms with Crippen LogP contribution in [0.3, 0.4) is 0 Å². The first-order chi connectivity index (χ1) is 8.19. The van der Waals surface area contributed by atoms with Crippen molar-refractivity contribution in [3.63, 3.8) is 0 Å². The van der Waals surface area contributed by atoms with Crippen LogP contribution in [-0.4, -0.2) is 19.9 Å². The van der Waals surface area contributed by atoms with E-state index in [4.69, 9.17) is 16.7 Å². The zero-order valence-corrected chi connectivity index (χ0v) is 11.5. The molecule has 0 fully saturated rings. The lowest BCUT2D eigenvalue weighted by Gasteiger charge is -2.08. The molecule has 0 amide bonds. The van der Waals surface area contributed by atoms with Gasteiger partial charge in [0, 0.05) is 16.6 Å². The van der Waals surface area contributed by atoms with Crippen LogP contribution in [0.1, 0.15) is 12.7 Å². The van der Waals surface area contributed by atoms with E-state index in [1.54, 1.807) is 0 Å². The topological polar surface area (TPSA) is 50.9 Å². The molecule has 1 aromatic carbocycles. The molecule has 0 spiro atoms. The van der Waals surface area contributed by atoms with Crippen LogP contribution in [0, 0.1) is 0 Å². The summed E-state index contributed by atoms with van der Waals surface area (Å²) < 4.78 is 2.65. The van der Waals surface area contributed by atoms with Gasteiger partial charge in [-0.25, -0.2) is 0 Å². The summed E-state index contributed by atoms with van der Waals surface area (Å²) in [6.07, 6.45) is 0. The Morgan fingerprint density at radius 3 is 2.82 bits per heavy atom. The molecule has 0 aliphatic carbocycles. The van der Waals surface area contributed by atoms with Crippen molar-refractivity contribution in [3.8, 4) is 11.4 Å². The lowest BCUT2D eigenvalue weighted by Crippen LogP contribution is -2.03. The smallest absolute Gasteiger partial charge is 0.165 e. The summed E-state index contributed by atoms with van der Waals surface area (Å²) in [6, 6.07) is 5.63. The van der Waals surface area contributed by atoms with Crippen LogP contribution in [0.4, 0.5) is 0 Å². The standard InChI is InChI=1S/C11H11BrClN3O/c1-2-16-9(6-17)14-15-11(16)7-4-3-5-8(12)10(7)13/h3-5,17H,2,6H2,1H3. The Kier molecular flexibility index (Phi) is 3.81. The third-order valence-corrected chi connectivity index (χ3v) is 3.77. The number of aliphatic hydroxyl groups is 1. The van der Waals surface area contributed by atoms with Gasteiger partial charge in [0.25, 0.3) is 0 Å². The largest absolute Gasteiger partial charge is 0.388 e. The second kappa shape index (κ2) is 5.16. The molecule has 0 aliphatic rings. The number of rotatable bonds is 3. The Labute approximate surface area is 112 Å². The highest BCUT2D eigenvalue weighted by atomic mass is 79.9. The zero-order valence-electron chi connectivity index (χ0n) is 9.19. The summed E-state index contributed by atoms with van der Waals surface area (Å²) in [6.45, 7) is 2.52. The molecule has 17 heavy (non-hydrogen) atoms. The molecule has 2 rings (SSSR count). The minimum absolute atomic E-state index is 0.132. The molecule has 1 heterocycles. The highest BCUT2D eigenvalue weighted by molar-refractivity contribution is 9.10. The second-order valence-corrected chi connectivity index (χ2v) is 4.68. The van der Waals surface area contributed by atoms with Gasteiger partial charge in [0.05, 0.1) is 5.02 Å². The average Bonchev–Trinajstić information content (AvgIpc) is 2.75. The van der Waals surface area contributed by atoms with Gasteiger partial charge in [0.1, 0.15) is 6.61 Å². The van der Waals surface area contributed by atoms with Crippen molar-refractivity contribution < 1.29 is 5.11 Å². The van der Waals surface area contributed by atoms with E-state index in [-0.39, 0.29) is 6.61 Å². The van der Waals surface area contributed by atoms with E-state index < -0.39 is 0 Å². The van der Waals surface area contributed by atoms with Crippen molar-refractivity contribution in [2.75, 3.05) is 0 Å². The summed E-state index contributed by atoms with van der Waals surface area (Å²) in [5.41, 5.74) is 0.801. The van der Waals surface area contributed by atoms with Gasteiger partial charge < -0.3 is 9.67 Å². The van der Waals surface area contributed by atoms with Gasteiger partial charge in [-0.15, -0.1) is 10.2 Å². The highest BCUT2D eigenvalue weighted by Gasteiger charge is 2.15. The molecule has 0 saturated heterocycles. The highest BCUT2D eigenvalue weighted by Crippen LogP contribution is 2.32. The van der Waals surface area contributed by atoms with Gasteiger partial charge in [-0.05, 0) is 35.0 Å². The quantitative estimate of drug-likeness (QED) is 0.947. The number of benzene rings is 1. The van der Waals surface area contributed by atoms with Crippen molar-refractivity contribution in [2.45, 2.75) is 20.1 Å². The lowest BCUT2D eigenvalue weighted by atomic mass is 10.2. The second-order valence-electron chi connectivity index (χ2n) is 3.44. The predicted octanol–water partition coefficient (Wildman–Crippen LogP) is 2.87. The first kappa shape index (κ1) is 12.5. The van der Waals surface area contributed by atoms with Gasteiger partial charge in [0.15, 0.2) is 11.6 Å². The number of aromatic nitrogens is 3. The van der Waals surface area contributed by atoms with Gasteiger partial charge in [-0.2, -0.15) is 0 Å². The maximum atomic E-state index is 9.17. The van der Waals surface area contributed by atoms with E-state index in [1.807, 2.05) is 29.7 Å². The summed E-state index contributed by atoms with van der Waals surface area (Å²) in [4.78, 5) is 0. The number of nitrogens with zero attached hydrogens (tertiary/aromatic N) is 3. The van der Waals surface area contributed by atoms with Crippen LogP contribution < -0.4 is 0 Å². The molecule has 2 aromatic rings. The summed E-state index contributed by atoms with van der Waals surface area (Å²) in [5.74, 6) is 1.21. The maximum Gasteiger partial charge on any atom is 0.165 e. The maximum absolute atomic E-state index is 9.17. The number of halogens is 2. The SMILES string of the molecule is CCn1c(CO)nnc1-c1cccc(Br)c1Cl. The molecule has 0 radical (unpaired) electrons. The number of hydrogen-bond donors (Lipinski definition) is 1. The average molecular weight is 317 g/mol. The normalized spacial score (nSPS) is 10.8. The number of hydrogen-bond acceptors (Lipinski definition) is 3. The molecular formula is C11H11BrClN3O. The minimum Gasteiger partial charge on any atom is -0.388 e. The monoisotopic (exact) mass is 315 g/mol.